The van der Waals surface area contributed by atoms with Crippen LogP contribution in [0.25, 0.3) is 0 Å². The average molecular weight is 237 g/mol. The van der Waals surface area contributed by atoms with E-state index in [0.717, 1.165) is 25.3 Å². The fourth-order valence-corrected chi connectivity index (χ4v) is 1.54. The Hall–Kier alpha value is -1.06. The maximum atomic E-state index is 9.29. The van der Waals surface area contributed by atoms with Gasteiger partial charge in [-0.1, -0.05) is 26.0 Å². The number of benzene rings is 1. The second-order valence-corrected chi connectivity index (χ2v) is 4.77. The molecule has 1 atom stereocenters. The predicted molar refractivity (Wildman–Crippen MR) is 70.2 cm³/mol. The number of nitrogens with one attached hydrogen (secondary N) is 1. The van der Waals surface area contributed by atoms with Gasteiger partial charge in [0, 0.05) is 25.1 Å². The molecule has 0 aliphatic carbocycles. The minimum Gasteiger partial charge on any atom is -0.497 e. The Morgan fingerprint density at radius 3 is 2.41 bits per heavy atom. The van der Waals surface area contributed by atoms with Crippen LogP contribution in [-0.4, -0.2) is 25.4 Å². The van der Waals surface area contributed by atoms with Crippen molar-refractivity contribution in [2.24, 2.45) is 5.41 Å². The largest absolute Gasteiger partial charge is 0.497 e. The minimum absolute atomic E-state index is 0.0214. The number of methoxy groups -OCH3 is 1. The molecule has 2 N–H and O–H groups in total. The van der Waals surface area contributed by atoms with Crippen molar-refractivity contribution >= 4 is 0 Å². The summed E-state index contributed by atoms with van der Waals surface area (Å²) in [5.74, 6) is 0.877. The molecule has 0 saturated carbocycles. The molecule has 0 radical (unpaired) electrons. The molecule has 0 fully saturated rings. The van der Waals surface area contributed by atoms with E-state index in [1.807, 2.05) is 24.3 Å². The van der Waals surface area contributed by atoms with E-state index in [9.17, 15) is 5.11 Å². The van der Waals surface area contributed by atoms with Crippen LogP contribution in [0.1, 0.15) is 25.8 Å². The van der Waals surface area contributed by atoms with E-state index < -0.39 is 0 Å². The fraction of sp³-hybridized carbons (Fsp3) is 0.571. The highest BCUT2D eigenvalue weighted by molar-refractivity contribution is 5.26. The van der Waals surface area contributed by atoms with Crippen molar-refractivity contribution in [1.82, 2.24) is 5.32 Å². The Bertz CT molecular complexity index is 317. The highest BCUT2D eigenvalue weighted by Gasteiger charge is 2.19. The molecular formula is C14H23NO2. The maximum Gasteiger partial charge on any atom is 0.118 e. The van der Waals surface area contributed by atoms with E-state index in [0.29, 0.717) is 0 Å². The molecule has 0 heterocycles. The first-order chi connectivity index (χ1) is 8.13. The van der Waals surface area contributed by atoms with Gasteiger partial charge in [0.25, 0.3) is 0 Å². The first kappa shape index (κ1) is 14.0. The van der Waals surface area contributed by atoms with Crippen LogP contribution < -0.4 is 10.1 Å². The number of hydrogen-bond acceptors (Lipinski definition) is 3. The van der Waals surface area contributed by atoms with Crippen LogP contribution in [0.15, 0.2) is 24.3 Å². The molecule has 3 heteroatoms. The SMILES string of the molecule is CCC(C)(CO)CNCc1ccc(OC)cc1. The van der Waals surface area contributed by atoms with Crippen LogP contribution in [-0.2, 0) is 6.54 Å². The molecule has 0 aromatic heterocycles. The second-order valence-electron chi connectivity index (χ2n) is 4.77. The molecule has 0 amide bonds. The Morgan fingerprint density at radius 2 is 1.94 bits per heavy atom. The van der Waals surface area contributed by atoms with Gasteiger partial charge < -0.3 is 15.2 Å². The summed E-state index contributed by atoms with van der Waals surface area (Å²) in [5, 5.41) is 12.7. The molecule has 0 saturated heterocycles. The average Bonchev–Trinajstić information content (AvgIpc) is 2.39. The van der Waals surface area contributed by atoms with E-state index in [-0.39, 0.29) is 12.0 Å². The lowest BCUT2D eigenvalue weighted by molar-refractivity contribution is 0.135. The summed E-state index contributed by atoms with van der Waals surface area (Å²) in [6, 6.07) is 8.02. The Labute approximate surface area is 104 Å². The Balaban J connectivity index is 2.40. The van der Waals surface area contributed by atoms with Gasteiger partial charge in [-0.25, -0.2) is 0 Å². The van der Waals surface area contributed by atoms with Crippen molar-refractivity contribution in [1.29, 1.82) is 0 Å². The molecule has 0 aliphatic heterocycles. The molecular weight excluding hydrogens is 214 g/mol. The molecule has 1 aromatic carbocycles. The van der Waals surface area contributed by atoms with Crippen molar-refractivity contribution in [2.75, 3.05) is 20.3 Å². The van der Waals surface area contributed by atoms with Crippen molar-refractivity contribution in [3.05, 3.63) is 29.8 Å². The molecule has 17 heavy (non-hydrogen) atoms. The van der Waals surface area contributed by atoms with Crippen molar-refractivity contribution in [3.63, 3.8) is 0 Å². The van der Waals surface area contributed by atoms with Gasteiger partial charge in [-0.05, 0) is 24.1 Å². The van der Waals surface area contributed by atoms with Gasteiger partial charge in [0.05, 0.1) is 7.11 Å². The topological polar surface area (TPSA) is 41.5 Å². The van der Waals surface area contributed by atoms with Gasteiger partial charge in [-0.15, -0.1) is 0 Å². The van der Waals surface area contributed by atoms with Gasteiger partial charge in [-0.3, -0.25) is 0 Å². The zero-order valence-electron chi connectivity index (χ0n) is 11.0. The van der Waals surface area contributed by atoms with Gasteiger partial charge in [0.2, 0.25) is 0 Å². The Morgan fingerprint density at radius 1 is 1.29 bits per heavy atom. The fourth-order valence-electron chi connectivity index (χ4n) is 1.54. The van der Waals surface area contributed by atoms with Gasteiger partial charge in [-0.2, -0.15) is 0 Å². The van der Waals surface area contributed by atoms with Crippen molar-refractivity contribution in [3.8, 4) is 5.75 Å². The molecule has 96 valence electrons. The smallest absolute Gasteiger partial charge is 0.118 e. The molecule has 0 spiro atoms. The second kappa shape index (κ2) is 6.62. The van der Waals surface area contributed by atoms with E-state index in [2.05, 4.69) is 19.2 Å². The summed E-state index contributed by atoms with van der Waals surface area (Å²) in [6.45, 7) is 6.06. The summed E-state index contributed by atoms with van der Waals surface area (Å²) >= 11 is 0. The van der Waals surface area contributed by atoms with E-state index in [1.54, 1.807) is 7.11 Å². The summed E-state index contributed by atoms with van der Waals surface area (Å²) in [7, 11) is 1.67. The summed E-state index contributed by atoms with van der Waals surface area (Å²) in [6.07, 6.45) is 0.971. The maximum absolute atomic E-state index is 9.29. The molecule has 0 bridgehead atoms. The third-order valence-electron chi connectivity index (χ3n) is 3.28. The lowest BCUT2D eigenvalue weighted by atomic mass is 9.88. The van der Waals surface area contributed by atoms with Crippen LogP contribution >= 0.6 is 0 Å². The number of aliphatic hydroxyl groups excluding tert-OH is 1. The highest BCUT2D eigenvalue weighted by Crippen LogP contribution is 2.18. The number of rotatable bonds is 7. The van der Waals surface area contributed by atoms with E-state index in [4.69, 9.17) is 4.74 Å². The molecule has 1 unspecified atom stereocenters. The molecule has 1 aromatic rings. The third-order valence-corrected chi connectivity index (χ3v) is 3.28. The van der Waals surface area contributed by atoms with Gasteiger partial charge >= 0.3 is 0 Å². The van der Waals surface area contributed by atoms with Crippen LogP contribution in [0.4, 0.5) is 0 Å². The lowest BCUT2D eigenvalue weighted by Crippen LogP contribution is -2.34. The molecule has 1 rings (SSSR count). The van der Waals surface area contributed by atoms with E-state index >= 15 is 0 Å². The minimum atomic E-state index is -0.0214. The number of hydrogen-bond donors (Lipinski definition) is 2. The number of aliphatic hydroxyl groups is 1. The summed E-state index contributed by atoms with van der Waals surface area (Å²) in [5.41, 5.74) is 1.20. The van der Waals surface area contributed by atoms with Crippen molar-refractivity contribution < 1.29 is 9.84 Å². The van der Waals surface area contributed by atoms with Crippen LogP contribution in [0.3, 0.4) is 0 Å². The quantitative estimate of drug-likeness (QED) is 0.764. The van der Waals surface area contributed by atoms with Crippen LogP contribution in [0, 0.1) is 5.41 Å². The highest BCUT2D eigenvalue weighted by atomic mass is 16.5. The normalized spacial score (nSPS) is 14.4. The molecule has 0 aliphatic rings. The first-order valence-corrected chi connectivity index (χ1v) is 6.08. The standard InChI is InChI=1S/C14H23NO2/c1-4-14(2,11-16)10-15-9-12-5-7-13(17-3)8-6-12/h5-8,15-16H,4,9-11H2,1-3H3. The number of ether oxygens (including phenoxy) is 1. The van der Waals surface area contributed by atoms with E-state index in [1.165, 1.54) is 5.56 Å². The van der Waals surface area contributed by atoms with Gasteiger partial charge in [0.1, 0.15) is 5.75 Å². The van der Waals surface area contributed by atoms with Gasteiger partial charge in [0.15, 0.2) is 0 Å². The summed E-state index contributed by atoms with van der Waals surface area (Å²) < 4.78 is 5.11. The Kier molecular flexibility index (Phi) is 5.45. The first-order valence-electron chi connectivity index (χ1n) is 6.08. The zero-order valence-corrected chi connectivity index (χ0v) is 11.0. The van der Waals surface area contributed by atoms with Crippen molar-refractivity contribution in [2.45, 2.75) is 26.8 Å². The zero-order chi connectivity index (χ0) is 12.7. The predicted octanol–water partition coefficient (Wildman–Crippen LogP) is 2.19. The summed E-state index contributed by atoms with van der Waals surface area (Å²) in [4.78, 5) is 0. The lowest BCUT2D eigenvalue weighted by Gasteiger charge is -2.25. The third kappa shape index (κ3) is 4.36. The monoisotopic (exact) mass is 237 g/mol. The van der Waals surface area contributed by atoms with Crippen LogP contribution in [0.5, 0.6) is 5.75 Å². The van der Waals surface area contributed by atoms with Crippen LogP contribution in [0.2, 0.25) is 0 Å². The molecule has 3 nitrogen and oxygen atoms in total.